The summed E-state index contributed by atoms with van der Waals surface area (Å²) < 4.78 is 26.9. The highest BCUT2D eigenvalue weighted by Crippen LogP contribution is 2.43. The van der Waals surface area contributed by atoms with Crippen LogP contribution in [0.3, 0.4) is 0 Å². The van der Waals surface area contributed by atoms with Crippen molar-refractivity contribution in [1.29, 1.82) is 0 Å². The van der Waals surface area contributed by atoms with Crippen molar-refractivity contribution in [3.8, 4) is 0 Å². The van der Waals surface area contributed by atoms with Gasteiger partial charge in [-0.15, -0.1) is 0 Å². The second kappa shape index (κ2) is 42.1. The molecule has 0 fully saturated rings. The number of aliphatic hydroxyl groups excluding tert-OH is 1. The Morgan fingerprint density at radius 3 is 1.44 bits per heavy atom. The van der Waals surface area contributed by atoms with E-state index in [9.17, 15) is 34.1 Å². The number of allylic oxidation sites excluding steroid dienone is 8. The van der Waals surface area contributed by atoms with Crippen molar-refractivity contribution in [1.82, 2.24) is 5.32 Å². The molecule has 3 unspecified atom stereocenters. The molecule has 342 valence electrons. The highest BCUT2D eigenvalue weighted by Gasteiger charge is 2.28. The number of carbonyl (C=O) groups is 3. The minimum atomic E-state index is -4.76. The summed E-state index contributed by atoms with van der Waals surface area (Å²) in [7, 11) is -4.76. The number of carboxylic acids is 1. The highest BCUT2D eigenvalue weighted by atomic mass is 31.2. The molecule has 3 atom stereocenters. The van der Waals surface area contributed by atoms with E-state index in [1.807, 2.05) is 0 Å². The van der Waals surface area contributed by atoms with Crippen molar-refractivity contribution < 1.29 is 47.8 Å². The molecular weight excluding hydrogens is 769 g/mol. The summed E-state index contributed by atoms with van der Waals surface area (Å²) in [6, 6.07) is -1.56. The first-order valence-corrected chi connectivity index (χ1v) is 24.7. The zero-order valence-electron chi connectivity index (χ0n) is 37.0. The van der Waals surface area contributed by atoms with Crippen LogP contribution in [0.1, 0.15) is 200 Å². The van der Waals surface area contributed by atoms with Crippen molar-refractivity contribution in [2.75, 3.05) is 19.8 Å². The van der Waals surface area contributed by atoms with Crippen molar-refractivity contribution in [2.45, 2.75) is 212 Å². The monoisotopic (exact) mass is 854 g/mol. The number of hydrogen-bond acceptors (Lipinski definition) is 8. The standard InChI is InChI=1S/C47H84NO10P/c1-3-5-7-9-11-13-15-17-19-21-22-23-24-26-28-30-32-34-36-38-45(50)48-44(47(52)53)42-58-59(54,55)57-41-43(49)40-56-46(51)39-37-35-33-31-29-27-25-20-18-16-14-12-10-8-6-4-2/h11,13,17,19-20,22-23,25,43-44,49H,3-10,12,14-16,18,21,24,26-42H2,1-2H3,(H,48,50)(H,52,53)(H,54,55)/b13-11-,19-17-,23-22-,25-20-. The molecule has 0 aromatic heterocycles. The Labute approximate surface area is 358 Å². The van der Waals surface area contributed by atoms with Crippen LogP contribution in [-0.2, 0) is 32.7 Å². The minimum absolute atomic E-state index is 0.129. The molecule has 0 bridgehead atoms. The maximum atomic E-state index is 12.3. The molecule has 1 amide bonds. The molecule has 0 aromatic carbocycles. The lowest BCUT2D eigenvalue weighted by molar-refractivity contribution is -0.147. The molecule has 0 aliphatic carbocycles. The van der Waals surface area contributed by atoms with Crippen LogP contribution >= 0.6 is 7.82 Å². The summed E-state index contributed by atoms with van der Waals surface area (Å²) >= 11 is 0. The number of ether oxygens (including phenoxy) is 1. The lowest BCUT2D eigenvalue weighted by atomic mass is 10.1. The lowest BCUT2D eigenvalue weighted by Crippen LogP contribution is -2.43. The number of phosphoric ester groups is 1. The van der Waals surface area contributed by atoms with Gasteiger partial charge < -0.3 is 25.2 Å². The predicted octanol–water partition coefficient (Wildman–Crippen LogP) is 12.2. The molecule has 0 aliphatic rings. The zero-order valence-corrected chi connectivity index (χ0v) is 37.9. The van der Waals surface area contributed by atoms with Gasteiger partial charge in [-0.05, 0) is 77.0 Å². The number of hydrogen-bond donors (Lipinski definition) is 4. The van der Waals surface area contributed by atoms with Gasteiger partial charge in [0.2, 0.25) is 5.91 Å². The summed E-state index contributed by atoms with van der Waals surface area (Å²) in [6.45, 7) is 2.55. The maximum Gasteiger partial charge on any atom is 0.472 e. The van der Waals surface area contributed by atoms with Gasteiger partial charge in [0.25, 0.3) is 0 Å². The van der Waals surface area contributed by atoms with Crippen LogP contribution < -0.4 is 5.32 Å². The molecule has 0 spiro atoms. The van der Waals surface area contributed by atoms with Gasteiger partial charge >= 0.3 is 19.8 Å². The Balaban J connectivity index is 3.92. The van der Waals surface area contributed by atoms with Crippen LogP contribution in [0.15, 0.2) is 48.6 Å². The van der Waals surface area contributed by atoms with E-state index in [1.54, 1.807) is 0 Å². The Kier molecular flexibility index (Phi) is 40.3. The molecule has 0 rings (SSSR count). The smallest absolute Gasteiger partial charge is 0.472 e. The average molecular weight is 854 g/mol. The molecule has 0 radical (unpaired) electrons. The summed E-state index contributed by atoms with van der Waals surface area (Å²) in [4.78, 5) is 46.0. The highest BCUT2D eigenvalue weighted by molar-refractivity contribution is 7.47. The van der Waals surface area contributed by atoms with Crippen LogP contribution in [0.4, 0.5) is 0 Å². The third-order valence-corrected chi connectivity index (χ3v) is 10.8. The van der Waals surface area contributed by atoms with E-state index in [0.29, 0.717) is 12.8 Å². The molecular formula is C47H84NO10P. The van der Waals surface area contributed by atoms with Gasteiger partial charge in [0.05, 0.1) is 13.2 Å². The van der Waals surface area contributed by atoms with Gasteiger partial charge in [0.15, 0.2) is 6.04 Å². The van der Waals surface area contributed by atoms with Crippen LogP contribution in [-0.4, -0.2) is 64.9 Å². The molecule has 0 aliphatic heterocycles. The van der Waals surface area contributed by atoms with Gasteiger partial charge in [-0.1, -0.05) is 159 Å². The fourth-order valence-electron chi connectivity index (χ4n) is 6.20. The Morgan fingerprint density at radius 1 is 0.542 bits per heavy atom. The third kappa shape index (κ3) is 41.9. The minimum Gasteiger partial charge on any atom is -0.480 e. The lowest BCUT2D eigenvalue weighted by Gasteiger charge is -2.18. The van der Waals surface area contributed by atoms with Crippen LogP contribution in [0.5, 0.6) is 0 Å². The largest absolute Gasteiger partial charge is 0.480 e. The molecule has 4 N–H and O–H groups in total. The Morgan fingerprint density at radius 2 is 0.932 bits per heavy atom. The number of aliphatic hydroxyl groups is 1. The number of carboxylic acid groups (broad SMARTS) is 1. The number of carbonyl (C=O) groups excluding carboxylic acids is 2. The molecule has 59 heavy (non-hydrogen) atoms. The van der Waals surface area contributed by atoms with E-state index < -0.39 is 57.6 Å². The maximum absolute atomic E-state index is 12.3. The number of unbranched alkanes of at least 4 members (excludes halogenated alkanes) is 21. The van der Waals surface area contributed by atoms with Crippen molar-refractivity contribution in [3.63, 3.8) is 0 Å². The van der Waals surface area contributed by atoms with Crippen LogP contribution in [0, 0.1) is 0 Å². The molecule has 0 aromatic rings. The van der Waals surface area contributed by atoms with Gasteiger partial charge in [0.1, 0.15) is 12.7 Å². The second-order valence-electron chi connectivity index (χ2n) is 15.6. The van der Waals surface area contributed by atoms with Crippen LogP contribution in [0.2, 0.25) is 0 Å². The molecule has 0 saturated heterocycles. The predicted molar refractivity (Wildman–Crippen MR) is 240 cm³/mol. The van der Waals surface area contributed by atoms with Gasteiger partial charge in [-0.25, -0.2) is 9.36 Å². The topological polar surface area (TPSA) is 169 Å². The summed E-state index contributed by atoms with van der Waals surface area (Å²) in [5.74, 6) is -2.40. The van der Waals surface area contributed by atoms with E-state index in [-0.39, 0.29) is 12.8 Å². The third-order valence-electron chi connectivity index (χ3n) is 9.84. The normalized spacial score (nSPS) is 14.1. The van der Waals surface area contributed by atoms with Gasteiger partial charge in [-0.2, -0.15) is 0 Å². The summed E-state index contributed by atoms with van der Waals surface area (Å²) in [5, 5.41) is 21.8. The first-order chi connectivity index (χ1) is 28.6. The Hall–Kier alpha value is -2.56. The zero-order chi connectivity index (χ0) is 43.5. The molecule has 12 heteroatoms. The Bertz CT molecular complexity index is 1190. The van der Waals surface area contributed by atoms with Gasteiger partial charge in [-0.3, -0.25) is 18.6 Å². The van der Waals surface area contributed by atoms with E-state index >= 15 is 0 Å². The molecule has 11 nitrogen and oxygen atoms in total. The number of esters is 1. The quantitative estimate of drug-likeness (QED) is 0.0200. The van der Waals surface area contributed by atoms with Crippen molar-refractivity contribution in [2.24, 2.45) is 0 Å². The van der Waals surface area contributed by atoms with Crippen molar-refractivity contribution in [3.05, 3.63) is 48.6 Å². The number of rotatable bonds is 43. The van der Waals surface area contributed by atoms with E-state index in [4.69, 9.17) is 13.8 Å². The fraction of sp³-hybridized carbons (Fsp3) is 0.766. The number of phosphoric acid groups is 1. The first-order valence-electron chi connectivity index (χ1n) is 23.2. The van der Waals surface area contributed by atoms with Crippen LogP contribution in [0.25, 0.3) is 0 Å². The van der Waals surface area contributed by atoms with E-state index in [2.05, 4.69) is 67.8 Å². The molecule has 0 saturated carbocycles. The SMILES string of the molecule is CCCCC/C=C\C/C=C\C/C=C\CCCCCCCCC(=O)NC(COP(=O)(O)OCC(O)COC(=O)CCCCCCC/C=C\CCCCCCCCC)C(=O)O. The van der Waals surface area contributed by atoms with Gasteiger partial charge in [0, 0.05) is 12.8 Å². The van der Waals surface area contributed by atoms with E-state index in [1.165, 1.54) is 70.6 Å². The van der Waals surface area contributed by atoms with Crippen molar-refractivity contribution >= 4 is 25.7 Å². The summed E-state index contributed by atoms with van der Waals surface area (Å²) in [6.07, 6.45) is 47.0. The van der Waals surface area contributed by atoms with E-state index in [0.717, 1.165) is 89.9 Å². The number of nitrogens with one attached hydrogen (secondary N) is 1. The first kappa shape index (κ1) is 56.4. The fourth-order valence-corrected chi connectivity index (χ4v) is 6.97. The molecule has 0 heterocycles. The second-order valence-corrected chi connectivity index (χ2v) is 17.0. The number of aliphatic carboxylic acids is 1. The average Bonchev–Trinajstić information content (AvgIpc) is 3.21. The summed E-state index contributed by atoms with van der Waals surface area (Å²) in [5.41, 5.74) is 0. The number of amides is 1.